The smallest absolute Gasteiger partial charge is 0.271 e. The Morgan fingerprint density at radius 1 is 1.21 bits per heavy atom. The molecule has 3 atom stereocenters. The van der Waals surface area contributed by atoms with Gasteiger partial charge in [-0.3, -0.25) is 9.59 Å². The summed E-state index contributed by atoms with van der Waals surface area (Å²) >= 11 is 0. The first-order valence-corrected chi connectivity index (χ1v) is 13.5. The van der Waals surface area contributed by atoms with Gasteiger partial charge in [0.25, 0.3) is 11.8 Å². The summed E-state index contributed by atoms with van der Waals surface area (Å²) in [6.07, 6.45) is 2.86. The van der Waals surface area contributed by atoms with Crippen LogP contribution in [-0.4, -0.2) is 80.7 Å². The van der Waals surface area contributed by atoms with E-state index in [1.165, 1.54) is 13.3 Å². The maximum Gasteiger partial charge on any atom is 0.271 e. The number of carbonyl (C=O) groups is 2. The number of hydrogen-bond donors (Lipinski definition) is 3. The van der Waals surface area contributed by atoms with E-state index in [0.29, 0.717) is 48.7 Å². The van der Waals surface area contributed by atoms with E-state index in [-0.39, 0.29) is 24.3 Å². The lowest BCUT2D eigenvalue weighted by molar-refractivity contribution is -0.135. The summed E-state index contributed by atoms with van der Waals surface area (Å²) in [7, 11) is 1.49. The fraction of sp³-hybridized carbons (Fsp3) is 0.500. The normalized spacial score (nSPS) is 20.8. The van der Waals surface area contributed by atoms with Crippen molar-refractivity contribution in [3.05, 3.63) is 59.9 Å². The Morgan fingerprint density at radius 2 is 1.95 bits per heavy atom. The number of nitrogens with zero attached hydrogens (tertiary/aromatic N) is 4. The van der Waals surface area contributed by atoms with Gasteiger partial charge in [0.2, 0.25) is 5.91 Å². The van der Waals surface area contributed by atoms with Gasteiger partial charge < -0.3 is 34.5 Å². The number of aliphatic hydroxyl groups excluding tert-OH is 1. The molecule has 2 aromatic heterocycles. The van der Waals surface area contributed by atoms with Crippen molar-refractivity contribution in [1.29, 1.82) is 0 Å². The number of carbonyl (C=O) groups excluding carboxylic acids is 2. The standard InChI is InChI=1S/C28H36N6O5/c1-17(2)25(23-14-24(38-3)32-39-23)28(37)34-16-20(35)13-22(34)26-29-15-21(31-26)27(36)33-11-9-19(10-12-33)30-18-7-5-4-6-8-18/h4-8,14-15,17,19-20,22,25,30,35H,9-13,16H2,1-3H3,(H,29,31)/t20-,22+,25?/m1/s1. The molecule has 0 saturated carbocycles. The Hall–Kier alpha value is -3.86. The Kier molecular flexibility index (Phi) is 7.87. The van der Waals surface area contributed by atoms with Crippen molar-refractivity contribution < 1.29 is 24.0 Å². The number of methoxy groups -OCH3 is 1. The number of nitrogens with one attached hydrogen (secondary N) is 2. The zero-order valence-corrected chi connectivity index (χ0v) is 22.5. The molecule has 208 valence electrons. The number of likely N-dealkylation sites (tertiary alicyclic amines) is 2. The molecule has 3 N–H and O–H groups in total. The second-order valence-corrected chi connectivity index (χ2v) is 10.6. The molecular formula is C28H36N6O5. The van der Waals surface area contributed by atoms with Gasteiger partial charge in [-0.25, -0.2) is 4.98 Å². The molecule has 0 bridgehead atoms. The molecular weight excluding hydrogens is 500 g/mol. The summed E-state index contributed by atoms with van der Waals surface area (Å²) in [5.74, 6) is 0.210. The molecule has 1 unspecified atom stereocenters. The monoisotopic (exact) mass is 536 g/mol. The van der Waals surface area contributed by atoms with Gasteiger partial charge >= 0.3 is 0 Å². The van der Waals surface area contributed by atoms with Crippen molar-refractivity contribution in [3.8, 4) is 5.88 Å². The molecule has 2 amide bonds. The summed E-state index contributed by atoms with van der Waals surface area (Å²) in [5.41, 5.74) is 1.47. The number of ether oxygens (including phenoxy) is 1. The molecule has 1 aromatic carbocycles. The van der Waals surface area contributed by atoms with Crippen LogP contribution in [0.4, 0.5) is 5.69 Å². The number of aromatic nitrogens is 3. The number of imidazole rings is 1. The number of amides is 2. The van der Waals surface area contributed by atoms with E-state index in [2.05, 4.69) is 20.4 Å². The molecule has 2 fully saturated rings. The third-order valence-corrected chi connectivity index (χ3v) is 7.59. The first-order chi connectivity index (χ1) is 18.8. The maximum absolute atomic E-state index is 13.7. The third-order valence-electron chi connectivity index (χ3n) is 7.59. The number of aliphatic hydroxyl groups is 1. The van der Waals surface area contributed by atoms with Gasteiger partial charge in [0.1, 0.15) is 17.4 Å². The molecule has 0 aliphatic carbocycles. The van der Waals surface area contributed by atoms with E-state index >= 15 is 0 Å². The molecule has 5 rings (SSSR count). The Balaban J connectivity index is 1.25. The SMILES string of the molecule is COc1cc(C(C(=O)N2C[C@H](O)C[C@H]2c2ncc(C(=O)N3CCC(Nc4ccccc4)CC3)[nH]2)C(C)C)on1. The lowest BCUT2D eigenvalue weighted by atomic mass is 9.91. The lowest BCUT2D eigenvalue weighted by Crippen LogP contribution is -2.42. The highest BCUT2D eigenvalue weighted by molar-refractivity contribution is 5.92. The fourth-order valence-corrected chi connectivity index (χ4v) is 5.53. The molecule has 11 heteroatoms. The number of piperidine rings is 1. The predicted molar refractivity (Wildman–Crippen MR) is 143 cm³/mol. The minimum absolute atomic E-state index is 0.0819. The largest absolute Gasteiger partial charge is 0.479 e. The summed E-state index contributed by atoms with van der Waals surface area (Å²) in [4.78, 5) is 38.1. The van der Waals surface area contributed by atoms with Crippen LogP contribution < -0.4 is 10.1 Å². The van der Waals surface area contributed by atoms with E-state index in [0.717, 1.165) is 18.5 Å². The summed E-state index contributed by atoms with van der Waals surface area (Å²) in [6.45, 7) is 5.31. The molecule has 3 aromatic rings. The minimum Gasteiger partial charge on any atom is -0.479 e. The van der Waals surface area contributed by atoms with Gasteiger partial charge in [0.05, 0.1) is 25.5 Å². The quantitative estimate of drug-likeness (QED) is 0.399. The maximum atomic E-state index is 13.7. The van der Waals surface area contributed by atoms with Crippen molar-refractivity contribution in [3.63, 3.8) is 0 Å². The number of hydrogen-bond acceptors (Lipinski definition) is 8. The molecule has 2 aliphatic rings. The second kappa shape index (κ2) is 11.5. The van der Waals surface area contributed by atoms with E-state index in [4.69, 9.17) is 9.26 Å². The average Bonchev–Trinajstić information content (AvgIpc) is 3.69. The van der Waals surface area contributed by atoms with Gasteiger partial charge in [0.15, 0.2) is 5.76 Å². The summed E-state index contributed by atoms with van der Waals surface area (Å²) < 4.78 is 10.5. The van der Waals surface area contributed by atoms with Crippen LogP contribution in [0.25, 0.3) is 0 Å². The zero-order chi connectivity index (χ0) is 27.5. The predicted octanol–water partition coefficient (Wildman–Crippen LogP) is 3.20. The van der Waals surface area contributed by atoms with E-state index in [9.17, 15) is 14.7 Å². The molecule has 0 spiro atoms. The molecule has 2 aliphatic heterocycles. The highest BCUT2D eigenvalue weighted by Gasteiger charge is 2.42. The van der Waals surface area contributed by atoms with Crippen LogP contribution in [0.15, 0.2) is 47.1 Å². The first kappa shape index (κ1) is 26.7. The van der Waals surface area contributed by atoms with Crippen LogP contribution in [0.1, 0.15) is 67.1 Å². The molecule has 4 heterocycles. The van der Waals surface area contributed by atoms with E-state index in [1.54, 1.807) is 11.0 Å². The number of benzene rings is 1. The van der Waals surface area contributed by atoms with Crippen molar-refractivity contribution in [2.75, 3.05) is 32.1 Å². The second-order valence-electron chi connectivity index (χ2n) is 10.6. The molecule has 0 radical (unpaired) electrons. The Bertz CT molecular complexity index is 1270. The van der Waals surface area contributed by atoms with Gasteiger partial charge in [-0.05, 0) is 36.0 Å². The van der Waals surface area contributed by atoms with Crippen LogP contribution in [0.5, 0.6) is 5.88 Å². The van der Waals surface area contributed by atoms with Gasteiger partial charge in [0, 0.05) is 43.9 Å². The number of β-amino-alcohol motifs (C(OH)–C–C–N with tert-alkyl or cyclic N) is 1. The molecule has 39 heavy (non-hydrogen) atoms. The van der Waals surface area contributed by atoms with E-state index in [1.807, 2.05) is 49.1 Å². The lowest BCUT2D eigenvalue weighted by Gasteiger charge is -2.32. The highest BCUT2D eigenvalue weighted by Crippen LogP contribution is 2.37. The fourth-order valence-electron chi connectivity index (χ4n) is 5.53. The van der Waals surface area contributed by atoms with Crippen molar-refractivity contribution in [2.24, 2.45) is 5.92 Å². The van der Waals surface area contributed by atoms with Crippen LogP contribution in [0.3, 0.4) is 0 Å². The van der Waals surface area contributed by atoms with Crippen LogP contribution in [-0.2, 0) is 4.79 Å². The minimum atomic E-state index is -0.698. The van der Waals surface area contributed by atoms with E-state index < -0.39 is 18.1 Å². The zero-order valence-electron chi connectivity index (χ0n) is 22.5. The summed E-state index contributed by atoms with van der Waals surface area (Å²) in [6, 6.07) is 11.5. The number of anilines is 1. The van der Waals surface area contributed by atoms with Crippen LogP contribution >= 0.6 is 0 Å². The average molecular weight is 537 g/mol. The number of para-hydroxylation sites is 1. The number of rotatable bonds is 8. The Morgan fingerprint density at radius 3 is 2.62 bits per heavy atom. The van der Waals surface area contributed by atoms with Crippen molar-refractivity contribution in [1.82, 2.24) is 24.9 Å². The third kappa shape index (κ3) is 5.78. The topological polar surface area (TPSA) is 137 Å². The Labute approximate surface area is 227 Å². The molecule has 11 nitrogen and oxygen atoms in total. The van der Waals surface area contributed by atoms with Gasteiger partial charge in [-0.15, -0.1) is 0 Å². The van der Waals surface area contributed by atoms with Crippen molar-refractivity contribution >= 4 is 17.5 Å². The molecule has 2 saturated heterocycles. The number of H-pyrrole nitrogens is 1. The van der Waals surface area contributed by atoms with Crippen LogP contribution in [0.2, 0.25) is 0 Å². The van der Waals surface area contributed by atoms with Gasteiger partial charge in [-0.1, -0.05) is 32.0 Å². The van der Waals surface area contributed by atoms with Crippen molar-refractivity contribution in [2.45, 2.75) is 57.2 Å². The van der Waals surface area contributed by atoms with Crippen LogP contribution in [0, 0.1) is 5.92 Å². The number of aromatic amines is 1. The summed E-state index contributed by atoms with van der Waals surface area (Å²) in [5, 5.41) is 17.9. The van der Waals surface area contributed by atoms with Gasteiger partial charge in [-0.2, -0.15) is 0 Å². The first-order valence-electron chi connectivity index (χ1n) is 13.5. The highest BCUT2D eigenvalue weighted by atomic mass is 16.5.